The molecule has 19 heavy (non-hydrogen) atoms. The number of rotatable bonds is 3. The highest BCUT2D eigenvalue weighted by Gasteiger charge is 2.10. The number of aryl methyl sites for hydroxylation is 2. The van der Waals surface area contributed by atoms with Crippen LogP contribution >= 0.6 is 0 Å². The Bertz CT molecular complexity index is 561. The van der Waals surface area contributed by atoms with E-state index in [9.17, 15) is 0 Å². The number of benzene rings is 1. The predicted octanol–water partition coefficient (Wildman–Crippen LogP) is 3.45. The Morgan fingerprint density at radius 1 is 1.00 bits per heavy atom. The summed E-state index contributed by atoms with van der Waals surface area (Å²) in [4.78, 5) is 0. The minimum Gasteiger partial charge on any atom is -0.369 e. The SMILES string of the molecule is CCNc1ccc(-c2ccc3c(c2)CCCC3)nn1. The average Bonchev–Trinajstić information content (AvgIpc) is 2.48. The summed E-state index contributed by atoms with van der Waals surface area (Å²) >= 11 is 0. The molecule has 0 saturated carbocycles. The van der Waals surface area contributed by atoms with Gasteiger partial charge in [0.1, 0.15) is 5.82 Å². The predicted molar refractivity (Wildman–Crippen MR) is 78.3 cm³/mol. The molecule has 2 aromatic rings. The van der Waals surface area contributed by atoms with Crippen LogP contribution in [0.2, 0.25) is 0 Å². The van der Waals surface area contributed by atoms with Gasteiger partial charge in [0.2, 0.25) is 0 Å². The molecule has 1 N–H and O–H groups in total. The zero-order valence-electron chi connectivity index (χ0n) is 11.3. The Hall–Kier alpha value is -1.90. The fourth-order valence-corrected chi connectivity index (χ4v) is 2.65. The fraction of sp³-hybridized carbons (Fsp3) is 0.375. The first-order chi connectivity index (χ1) is 9.36. The summed E-state index contributed by atoms with van der Waals surface area (Å²) in [7, 11) is 0. The van der Waals surface area contributed by atoms with E-state index in [1.54, 1.807) is 0 Å². The van der Waals surface area contributed by atoms with Crippen LogP contribution in [0, 0.1) is 0 Å². The van der Waals surface area contributed by atoms with Crippen molar-refractivity contribution in [3.05, 3.63) is 41.5 Å². The monoisotopic (exact) mass is 253 g/mol. The van der Waals surface area contributed by atoms with Crippen LogP contribution in [0.3, 0.4) is 0 Å². The fourth-order valence-electron chi connectivity index (χ4n) is 2.65. The number of fused-ring (bicyclic) bond motifs is 1. The van der Waals surface area contributed by atoms with E-state index in [1.165, 1.54) is 42.4 Å². The zero-order valence-corrected chi connectivity index (χ0v) is 11.3. The lowest BCUT2D eigenvalue weighted by Gasteiger charge is -2.16. The smallest absolute Gasteiger partial charge is 0.148 e. The molecule has 1 aliphatic carbocycles. The van der Waals surface area contributed by atoms with Gasteiger partial charge in [-0.05, 0) is 61.9 Å². The van der Waals surface area contributed by atoms with E-state index >= 15 is 0 Å². The summed E-state index contributed by atoms with van der Waals surface area (Å²) in [6.07, 6.45) is 5.05. The van der Waals surface area contributed by atoms with E-state index in [-0.39, 0.29) is 0 Å². The van der Waals surface area contributed by atoms with Crippen LogP contribution in [0.5, 0.6) is 0 Å². The number of nitrogens with one attached hydrogen (secondary N) is 1. The third kappa shape index (κ3) is 2.60. The van der Waals surface area contributed by atoms with Gasteiger partial charge in [-0.15, -0.1) is 10.2 Å². The summed E-state index contributed by atoms with van der Waals surface area (Å²) in [6.45, 7) is 2.92. The molecule has 3 nitrogen and oxygen atoms in total. The molecule has 1 aromatic heterocycles. The molecule has 3 heteroatoms. The van der Waals surface area contributed by atoms with E-state index in [4.69, 9.17) is 0 Å². The summed E-state index contributed by atoms with van der Waals surface area (Å²) in [5.74, 6) is 0.837. The Balaban J connectivity index is 1.89. The van der Waals surface area contributed by atoms with Gasteiger partial charge in [0.05, 0.1) is 5.69 Å². The Labute approximate surface area is 114 Å². The molecule has 0 amide bonds. The van der Waals surface area contributed by atoms with Crippen molar-refractivity contribution in [3.8, 4) is 11.3 Å². The van der Waals surface area contributed by atoms with Crippen LogP contribution in [0.25, 0.3) is 11.3 Å². The van der Waals surface area contributed by atoms with Crippen molar-refractivity contribution in [1.82, 2.24) is 10.2 Å². The molecule has 0 fully saturated rings. The second-order valence-corrected chi connectivity index (χ2v) is 5.02. The molecule has 98 valence electrons. The van der Waals surface area contributed by atoms with Gasteiger partial charge in [-0.25, -0.2) is 0 Å². The highest BCUT2D eigenvalue weighted by molar-refractivity contribution is 5.61. The first kappa shape index (κ1) is 12.2. The third-order valence-corrected chi connectivity index (χ3v) is 3.67. The topological polar surface area (TPSA) is 37.8 Å². The van der Waals surface area contributed by atoms with Crippen LogP contribution < -0.4 is 5.32 Å². The van der Waals surface area contributed by atoms with Crippen LogP contribution in [-0.4, -0.2) is 16.7 Å². The van der Waals surface area contributed by atoms with Crippen molar-refractivity contribution in [2.24, 2.45) is 0 Å². The van der Waals surface area contributed by atoms with Crippen LogP contribution in [0.4, 0.5) is 5.82 Å². The van der Waals surface area contributed by atoms with Crippen LogP contribution in [-0.2, 0) is 12.8 Å². The van der Waals surface area contributed by atoms with E-state index in [0.29, 0.717) is 0 Å². The van der Waals surface area contributed by atoms with Crippen LogP contribution in [0.15, 0.2) is 30.3 Å². The zero-order chi connectivity index (χ0) is 13.1. The second-order valence-electron chi connectivity index (χ2n) is 5.02. The van der Waals surface area contributed by atoms with E-state index in [0.717, 1.165) is 18.1 Å². The molecule has 1 heterocycles. The molecular weight excluding hydrogens is 234 g/mol. The van der Waals surface area contributed by atoms with Gasteiger partial charge in [-0.1, -0.05) is 12.1 Å². The average molecular weight is 253 g/mol. The summed E-state index contributed by atoms with van der Waals surface area (Å²) < 4.78 is 0. The highest BCUT2D eigenvalue weighted by Crippen LogP contribution is 2.26. The normalized spacial score (nSPS) is 13.9. The highest BCUT2D eigenvalue weighted by atomic mass is 15.2. The number of aromatic nitrogens is 2. The molecule has 0 unspecified atom stereocenters. The van der Waals surface area contributed by atoms with Gasteiger partial charge < -0.3 is 5.32 Å². The van der Waals surface area contributed by atoms with Gasteiger partial charge in [-0.3, -0.25) is 0 Å². The maximum Gasteiger partial charge on any atom is 0.148 e. The quantitative estimate of drug-likeness (QED) is 0.910. The maximum absolute atomic E-state index is 4.30. The lowest BCUT2D eigenvalue weighted by Crippen LogP contribution is -2.03. The number of nitrogens with zero attached hydrogens (tertiary/aromatic N) is 2. The van der Waals surface area contributed by atoms with Crippen molar-refractivity contribution in [3.63, 3.8) is 0 Å². The van der Waals surface area contributed by atoms with Crippen molar-refractivity contribution < 1.29 is 0 Å². The van der Waals surface area contributed by atoms with Gasteiger partial charge in [0.25, 0.3) is 0 Å². The van der Waals surface area contributed by atoms with Gasteiger partial charge in [0, 0.05) is 12.1 Å². The number of anilines is 1. The standard InChI is InChI=1S/C16H19N3/c1-2-17-16-10-9-15(18-19-16)14-8-7-12-5-3-4-6-13(12)11-14/h7-11H,2-6H2,1H3,(H,17,19). The molecular formula is C16H19N3. The summed E-state index contributed by atoms with van der Waals surface area (Å²) in [5, 5.41) is 11.7. The molecule has 1 aliphatic rings. The van der Waals surface area contributed by atoms with Gasteiger partial charge in [0.15, 0.2) is 0 Å². The first-order valence-corrected chi connectivity index (χ1v) is 7.06. The third-order valence-electron chi connectivity index (χ3n) is 3.67. The minimum atomic E-state index is 0.837. The van der Waals surface area contributed by atoms with Crippen molar-refractivity contribution in [2.75, 3.05) is 11.9 Å². The minimum absolute atomic E-state index is 0.837. The van der Waals surface area contributed by atoms with Crippen molar-refractivity contribution in [1.29, 1.82) is 0 Å². The lowest BCUT2D eigenvalue weighted by atomic mass is 9.90. The largest absolute Gasteiger partial charge is 0.369 e. The summed E-state index contributed by atoms with van der Waals surface area (Å²) in [6, 6.07) is 10.7. The molecule has 0 radical (unpaired) electrons. The van der Waals surface area contributed by atoms with Gasteiger partial charge >= 0.3 is 0 Å². The Morgan fingerprint density at radius 3 is 2.58 bits per heavy atom. The lowest BCUT2D eigenvalue weighted by molar-refractivity contribution is 0.686. The molecule has 0 atom stereocenters. The van der Waals surface area contributed by atoms with Crippen LogP contribution in [0.1, 0.15) is 30.9 Å². The summed E-state index contributed by atoms with van der Waals surface area (Å²) in [5.41, 5.74) is 5.12. The Kier molecular flexibility index (Phi) is 3.45. The first-order valence-electron chi connectivity index (χ1n) is 7.06. The molecule has 1 aromatic carbocycles. The molecule has 3 rings (SSSR count). The maximum atomic E-state index is 4.30. The molecule has 0 aliphatic heterocycles. The van der Waals surface area contributed by atoms with E-state index in [1.807, 2.05) is 12.1 Å². The molecule has 0 spiro atoms. The van der Waals surface area contributed by atoms with E-state index in [2.05, 4.69) is 40.6 Å². The van der Waals surface area contributed by atoms with Gasteiger partial charge in [-0.2, -0.15) is 0 Å². The molecule has 0 saturated heterocycles. The number of hydrogen-bond acceptors (Lipinski definition) is 3. The van der Waals surface area contributed by atoms with Crippen molar-refractivity contribution >= 4 is 5.82 Å². The molecule has 0 bridgehead atoms. The Morgan fingerprint density at radius 2 is 1.84 bits per heavy atom. The van der Waals surface area contributed by atoms with E-state index < -0.39 is 0 Å². The second kappa shape index (κ2) is 5.39. The van der Waals surface area contributed by atoms with Crippen molar-refractivity contribution in [2.45, 2.75) is 32.6 Å². The number of hydrogen-bond donors (Lipinski definition) is 1.